The summed E-state index contributed by atoms with van der Waals surface area (Å²) in [6.45, 7) is 0. The molecule has 1 aliphatic rings. The van der Waals surface area contributed by atoms with Gasteiger partial charge in [0.25, 0.3) is 5.91 Å². The second-order valence-corrected chi connectivity index (χ2v) is 6.50. The molecule has 0 spiro atoms. The van der Waals surface area contributed by atoms with Crippen molar-refractivity contribution in [2.45, 2.75) is 12.0 Å². The first-order valence-corrected chi connectivity index (χ1v) is 7.65. The van der Waals surface area contributed by atoms with E-state index >= 15 is 0 Å². The molecule has 6 heteroatoms. The molecule has 1 fully saturated rings. The summed E-state index contributed by atoms with van der Waals surface area (Å²) in [6, 6.07) is 7.29. The van der Waals surface area contributed by atoms with Crippen LogP contribution in [0.3, 0.4) is 0 Å². The first-order chi connectivity index (χ1) is 8.56. The van der Waals surface area contributed by atoms with Crippen molar-refractivity contribution in [1.82, 2.24) is 5.32 Å². The van der Waals surface area contributed by atoms with E-state index in [1.54, 1.807) is 30.0 Å². The Morgan fingerprint density at radius 3 is 3.00 bits per heavy atom. The van der Waals surface area contributed by atoms with E-state index in [0.717, 1.165) is 10.2 Å². The van der Waals surface area contributed by atoms with Crippen LogP contribution in [-0.4, -0.2) is 23.0 Å². The molecule has 1 heterocycles. The van der Waals surface area contributed by atoms with Crippen molar-refractivity contribution in [3.63, 3.8) is 0 Å². The Bertz CT molecular complexity index is 523. The van der Waals surface area contributed by atoms with Crippen LogP contribution in [0, 0.1) is 11.3 Å². The van der Waals surface area contributed by atoms with E-state index < -0.39 is 5.54 Å². The Morgan fingerprint density at radius 2 is 2.39 bits per heavy atom. The Balaban J connectivity index is 2.22. The number of nitrogens with one attached hydrogen (secondary N) is 1. The number of thioether (sulfide) groups is 1. The molecular weight excluding hydrogens is 336 g/mol. The zero-order valence-electron chi connectivity index (χ0n) is 9.37. The molecule has 1 aromatic carbocycles. The number of hydrogen-bond acceptors (Lipinski definition) is 3. The Labute approximate surface area is 123 Å². The van der Waals surface area contributed by atoms with Gasteiger partial charge in [0.15, 0.2) is 0 Å². The summed E-state index contributed by atoms with van der Waals surface area (Å²) >= 11 is 11.0. The topological polar surface area (TPSA) is 52.9 Å². The molecule has 1 saturated heterocycles. The highest BCUT2D eigenvalue weighted by Gasteiger charge is 2.36. The van der Waals surface area contributed by atoms with Gasteiger partial charge in [-0.1, -0.05) is 27.5 Å². The van der Waals surface area contributed by atoms with E-state index in [1.165, 1.54) is 0 Å². The monoisotopic (exact) mass is 344 g/mol. The van der Waals surface area contributed by atoms with Gasteiger partial charge in [0.1, 0.15) is 5.54 Å². The molecule has 0 radical (unpaired) electrons. The van der Waals surface area contributed by atoms with E-state index in [2.05, 4.69) is 27.3 Å². The van der Waals surface area contributed by atoms with Gasteiger partial charge in [-0.15, -0.1) is 0 Å². The number of hydrogen-bond donors (Lipinski definition) is 1. The third-order valence-corrected chi connectivity index (χ3v) is 4.77. The molecule has 0 aromatic heterocycles. The van der Waals surface area contributed by atoms with Crippen LogP contribution in [0.25, 0.3) is 0 Å². The third-order valence-electron chi connectivity index (χ3n) is 2.76. The first kappa shape index (κ1) is 13.7. The first-order valence-electron chi connectivity index (χ1n) is 5.33. The number of benzene rings is 1. The van der Waals surface area contributed by atoms with Crippen molar-refractivity contribution in [2.24, 2.45) is 0 Å². The highest BCUT2D eigenvalue weighted by molar-refractivity contribution is 9.10. The highest BCUT2D eigenvalue weighted by Crippen LogP contribution is 2.28. The van der Waals surface area contributed by atoms with Crippen molar-refractivity contribution in [1.29, 1.82) is 5.26 Å². The lowest BCUT2D eigenvalue weighted by molar-refractivity contribution is 0.0926. The molecular formula is C12H10BrClN2OS. The zero-order valence-corrected chi connectivity index (χ0v) is 12.5. The summed E-state index contributed by atoms with van der Waals surface area (Å²) in [4.78, 5) is 12.2. The van der Waals surface area contributed by atoms with Crippen LogP contribution in [0.5, 0.6) is 0 Å². The molecule has 3 nitrogen and oxygen atoms in total. The lowest BCUT2D eigenvalue weighted by Crippen LogP contribution is -2.47. The molecule has 94 valence electrons. The van der Waals surface area contributed by atoms with Crippen LogP contribution < -0.4 is 5.32 Å². The molecule has 1 aromatic rings. The van der Waals surface area contributed by atoms with E-state index in [0.29, 0.717) is 22.8 Å². The summed E-state index contributed by atoms with van der Waals surface area (Å²) in [7, 11) is 0. The summed E-state index contributed by atoms with van der Waals surface area (Å²) < 4.78 is 0.781. The predicted octanol–water partition coefficient (Wildman–Crippen LogP) is 3.23. The average molecular weight is 346 g/mol. The Kier molecular flexibility index (Phi) is 4.21. The van der Waals surface area contributed by atoms with E-state index in [1.807, 2.05) is 0 Å². The maximum atomic E-state index is 12.2. The van der Waals surface area contributed by atoms with Crippen molar-refractivity contribution >= 4 is 45.2 Å². The largest absolute Gasteiger partial charge is 0.333 e. The summed E-state index contributed by atoms with van der Waals surface area (Å²) in [5.41, 5.74) is -0.370. The van der Waals surface area contributed by atoms with Gasteiger partial charge in [0.05, 0.1) is 16.7 Å². The Morgan fingerprint density at radius 1 is 1.61 bits per heavy atom. The lowest BCUT2D eigenvalue weighted by atomic mass is 10.0. The predicted molar refractivity (Wildman–Crippen MR) is 76.9 cm³/mol. The van der Waals surface area contributed by atoms with Gasteiger partial charge in [-0.25, -0.2) is 0 Å². The minimum Gasteiger partial charge on any atom is -0.333 e. The number of carbonyl (C=O) groups excluding carboxylic acids is 1. The number of rotatable bonds is 2. The fourth-order valence-corrected chi connectivity index (χ4v) is 3.57. The number of carbonyl (C=O) groups is 1. The summed E-state index contributed by atoms with van der Waals surface area (Å²) in [5, 5.41) is 12.4. The van der Waals surface area contributed by atoms with Gasteiger partial charge in [-0.2, -0.15) is 17.0 Å². The van der Waals surface area contributed by atoms with Crippen molar-refractivity contribution in [3.8, 4) is 6.07 Å². The molecule has 1 amide bonds. The van der Waals surface area contributed by atoms with Gasteiger partial charge in [0, 0.05) is 10.2 Å². The van der Waals surface area contributed by atoms with Gasteiger partial charge in [-0.05, 0) is 30.4 Å². The molecule has 18 heavy (non-hydrogen) atoms. The van der Waals surface area contributed by atoms with E-state index in [9.17, 15) is 10.1 Å². The molecule has 0 saturated carbocycles. The van der Waals surface area contributed by atoms with Gasteiger partial charge >= 0.3 is 0 Å². The van der Waals surface area contributed by atoms with Crippen molar-refractivity contribution in [2.75, 3.05) is 11.5 Å². The van der Waals surface area contributed by atoms with E-state index in [4.69, 9.17) is 11.6 Å². The van der Waals surface area contributed by atoms with Crippen molar-refractivity contribution in [3.05, 3.63) is 33.3 Å². The summed E-state index contributed by atoms with van der Waals surface area (Å²) in [6.07, 6.45) is 0.672. The minimum atomic E-state index is -0.757. The second kappa shape index (κ2) is 5.52. The molecule has 1 N–H and O–H groups in total. The molecule has 0 aliphatic carbocycles. The fourth-order valence-electron chi connectivity index (χ4n) is 1.74. The maximum Gasteiger partial charge on any atom is 0.254 e. The third kappa shape index (κ3) is 2.82. The number of halogens is 2. The maximum absolute atomic E-state index is 12.2. The molecule has 1 aliphatic heterocycles. The van der Waals surface area contributed by atoms with Crippen molar-refractivity contribution < 1.29 is 4.79 Å². The SMILES string of the molecule is N#CC1(NC(=O)c2cc(Br)ccc2Cl)CCSC1. The van der Waals surface area contributed by atoms with Gasteiger partial charge < -0.3 is 5.32 Å². The lowest BCUT2D eigenvalue weighted by Gasteiger charge is -2.21. The van der Waals surface area contributed by atoms with E-state index in [-0.39, 0.29) is 5.91 Å². The second-order valence-electron chi connectivity index (χ2n) is 4.07. The molecule has 1 unspecified atom stereocenters. The van der Waals surface area contributed by atoms with Crippen LogP contribution in [0.2, 0.25) is 5.02 Å². The average Bonchev–Trinajstić information content (AvgIpc) is 2.81. The van der Waals surface area contributed by atoms with Crippen LogP contribution in [0.4, 0.5) is 0 Å². The number of nitrogens with zero attached hydrogens (tertiary/aromatic N) is 1. The van der Waals surface area contributed by atoms with Crippen LogP contribution in [-0.2, 0) is 0 Å². The number of amides is 1. The standard InChI is InChI=1S/C12H10BrClN2OS/c13-8-1-2-10(14)9(5-8)11(17)16-12(6-15)3-4-18-7-12/h1-2,5H,3-4,7H2,(H,16,17). The quantitative estimate of drug-likeness (QED) is 0.895. The molecule has 2 rings (SSSR count). The fraction of sp³-hybridized carbons (Fsp3) is 0.333. The smallest absolute Gasteiger partial charge is 0.254 e. The zero-order chi connectivity index (χ0) is 13.2. The molecule has 1 atom stereocenters. The van der Waals surface area contributed by atoms with Gasteiger partial charge in [-0.3, -0.25) is 4.79 Å². The van der Waals surface area contributed by atoms with Crippen LogP contribution >= 0.6 is 39.3 Å². The summed E-state index contributed by atoms with van der Waals surface area (Å²) in [5.74, 6) is 1.21. The van der Waals surface area contributed by atoms with Crippen LogP contribution in [0.1, 0.15) is 16.8 Å². The highest BCUT2D eigenvalue weighted by atomic mass is 79.9. The normalized spacial score (nSPS) is 22.5. The van der Waals surface area contributed by atoms with Crippen LogP contribution in [0.15, 0.2) is 22.7 Å². The number of nitriles is 1. The molecule has 0 bridgehead atoms. The Hall–Kier alpha value is -0.700. The van der Waals surface area contributed by atoms with Gasteiger partial charge in [0.2, 0.25) is 0 Å². The minimum absolute atomic E-state index is 0.301.